The maximum atomic E-state index is 13.2. The fraction of sp³-hybridized carbons (Fsp3) is 0.350. The average Bonchev–Trinajstić information content (AvgIpc) is 2.69. The summed E-state index contributed by atoms with van der Waals surface area (Å²) in [6, 6.07) is 5.10. The summed E-state index contributed by atoms with van der Waals surface area (Å²) >= 11 is 0. The van der Waals surface area contributed by atoms with E-state index in [0.29, 0.717) is 12.1 Å². The maximum absolute atomic E-state index is 13.2. The summed E-state index contributed by atoms with van der Waals surface area (Å²) in [5.74, 6) is -1.43. The molecule has 1 heterocycles. The number of halogens is 7. The monoisotopic (exact) mass is 467 g/mol. The fourth-order valence-electron chi connectivity index (χ4n) is 3.11. The number of nitrogens with one attached hydrogen (secondary N) is 1. The van der Waals surface area contributed by atoms with E-state index in [1.54, 1.807) is 0 Å². The Morgan fingerprint density at radius 2 is 1.59 bits per heavy atom. The topological polar surface area (TPSA) is 67.8 Å². The van der Waals surface area contributed by atoms with Crippen LogP contribution in [-0.4, -0.2) is 23.9 Å². The summed E-state index contributed by atoms with van der Waals surface area (Å²) in [5, 5.41) is 13.2. The van der Waals surface area contributed by atoms with Crippen molar-refractivity contribution in [1.29, 1.82) is 0 Å². The first-order valence-electron chi connectivity index (χ1n) is 9.06. The van der Waals surface area contributed by atoms with E-state index < -0.39 is 65.5 Å². The number of alkyl halides is 6. The number of hydrogen-bond donors (Lipinski definition) is 2. The number of carbonyl (C=O) groups is 1. The number of aliphatic hydroxyl groups is 1. The summed E-state index contributed by atoms with van der Waals surface area (Å²) in [6.07, 6.45) is -13.3. The molecule has 1 aliphatic rings. The van der Waals surface area contributed by atoms with E-state index in [1.807, 2.05) is 0 Å². The Hall–Kier alpha value is -2.70. The smallest absolute Gasteiger partial charge is 0.363 e. The van der Waals surface area contributed by atoms with Gasteiger partial charge in [0.05, 0.1) is 17.2 Å². The number of amides is 1. The molecule has 0 spiro atoms. The van der Waals surface area contributed by atoms with Gasteiger partial charge in [-0.25, -0.2) is 4.39 Å². The van der Waals surface area contributed by atoms with Crippen molar-refractivity contribution < 1.29 is 50.1 Å². The summed E-state index contributed by atoms with van der Waals surface area (Å²) in [4.78, 5) is 11.8. The second kappa shape index (κ2) is 8.34. The van der Waals surface area contributed by atoms with Gasteiger partial charge in [0.15, 0.2) is 0 Å². The average molecular weight is 467 g/mol. The van der Waals surface area contributed by atoms with E-state index in [1.165, 1.54) is 0 Å². The minimum atomic E-state index is -5.06. The molecule has 2 aromatic carbocycles. The summed E-state index contributed by atoms with van der Waals surface area (Å²) in [6.45, 7) is 0.553. The Bertz CT molecular complexity index is 959. The lowest BCUT2D eigenvalue weighted by molar-refractivity contribution is -0.282. The van der Waals surface area contributed by atoms with E-state index in [2.05, 4.69) is 5.32 Å². The van der Waals surface area contributed by atoms with Gasteiger partial charge in [0.25, 0.3) is 0 Å². The highest BCUT2D eigenvalue weighted by molar-refractivity contribution is 5.78. The van der Waals surface area contributed by atoms with E-state index in [9.17, 15) is 40.6 Å². The molecular weight excluding hydrogens is 451 g/mol. The molecule has 1 aliphatic heterocycles. The van der Waals surface area contributed by atoms with Crippen molar-refractivity contribution in [3.8, 4) is 0 Å². The molecule has 174 valence electrons. The van der Waals surface area contributed by atoms with Gasteiger partial charge in [-0.3, -0.25) is 4.79 Å². The Kier molecular flexibility index (Phi) is 6.24. The third kappa shape index (κ3) is 5.03. The lowest BCUT2D eigenvalue weighted by Crippen LogP contribution is -2.61. The minimum Gasteiger partial charge on any atom is -0.363 e. The molecule has 1 saturated heterocycles. The van der Waals surface area contributed by atoms with Gasteiger partial charge in [-0.05, 0) is 42.8 Å². The zero-order valence-electron chi connectivity index (χ0n) is 16.2. The number of benzene rings is 2. The molecule has 32 heavy (non-hydrogen) atoms. The van der Waals surface area contributed by atoms with Crippen molar-refractivity contribution in [3.05, 3.63) is 70.5 Å². The Balaban J connectivity index is 1.96. The van der Waals surface area contributed by atoms with Gasteiger partial charge in [-0.2, -0.15) is 26.3 Å². The van der Waals surface area contributed by atoms with Crippen molar-refractivity contribution in [2.45, 2.75) is 37.4 Å². The highest BCUT2D eigenvalue weighted by Gasteiger charge is 2.47. The van der Waals surface area contributed by atoms with Crippen molar-refractivity contribution in [2.75, 3.05) is 6.61 Å². The third-order valence-electron chi connectivity index (χ3n) is 4.73. The number of morpholine rings is 1. The molecule has 0 aromatic heterocycles. The first-order chi connectivity index (χ1) is 14.7. The van der Waals surface area contributed by atoms with Crippen LogP contribution in [-0.2, 0) is 32.3 Å². The molecule has 0 radical (unpaired) electrons. The molecule has 2 N–H and O–H groups in total. The van der Waals surface area contributed by atoms with Crippen LogP contribution in [0.2, 0.25) is 0 Å². The van der Waals surface area contributed by atoms with Crippen LogP contribution in [0.5, 0.6) is 0 Å². The van der Waals surface area contributed by atoms with Crippen LogP contribution in [0.3, 0.4) is 0 Å². The molecular formula is C20H16F7NO4. The number of hydrogen-bond acceptors (Lipinski definition) is 4. The molecule has 1 amide bonds. The quantitative estimate of drug-likeness (QED) is 0.660. The summed E-state index contributed by atoms with van der Waals surface area (Å²) in [5.41, 5.74) is -6.03. The van der Waals surface area contributed by atoms with Crippen LogP contribution in [0.1, 0.15) is 35.3 Å². The van der Waals surface area contributed by atoms with Crippen molar-refractivity contribution in [3.63, 3.8) is 0 Å². The molecule has 0 bridgehead atoms. The van der Waals surface area contributed by atoms with Crippen LogP contribution in [0.25, 0.3) is 0 Å². The van der Waals surface area contributed by atoms with Crippen LogP contribution >= 0.6 is 0 Å². The molecule has 0 aliphatic carbocycles. The first-order valence-corrected chi connectivity index (χ1v) is 9.06. The normalized spacial score (nSPS) is 23.0. The minimum absolute atomic E-state index is 0.0254. The van der Waals surface area contributed by atoms with E-state index >= 15 is 0 Å². The van der Waals surface area contributed by atoms with Gasteiger partial charge in [-0.1, -0.05) is 12.1 Å². The molecule has 3 rings (SSSR count). The standard InChI is InChI=1S/C20H16F7NO4/c1-10(11-6-13(19(22,23)24)8-14(7-11)20(25,26)27)32-17-18(30,28-16(29)9-31-17)12-2-4-15(21)5-3-12/h2-8,10,17,30H,9H2,1H3,(H,28,29)/t10?,17-,18?/m1/s1. The zero-order valence-corrected chi connectivity index (χ0v) is 16.2. The van der Waals surface area contributed by atoms with Crippen LogP contribution in [0.15, 0.2) is 42.5 Å². The van der Waals surface area contributed by atoms with Crippen LogP contribution in [0.4, 0.5) is 30.7 Å². The second-order valence-corrected chi connectivity index (χ2v) is 7.08. The Labute approximate surface area is 176 Å². The third-order valence-corrected chi connectivity index (χ3v) is 4.73. The van der Waals surface area contributed by atoms with Gasteiger partial charge in [-0.15, -0.1) is 0 Å². The maximum Gasteiger partial charge on any atom is 0.416 e. The number of ether oxygens (including phenoxy) is 2. The van der Waals surface area contributed by atoms with Crippen molar-refractivity contribution in [1.82, 2.24) is 5.32 Å². The van der Waals surface area contributed by atoms with Gasteiger partial charge in [0, 0.05) is 5.56 Å². The van der Waals surface area contributed by atoms with Crippen molar-refractivity contribution >= 4 is 5.91 Å². The predicted molar refractivity (Wildman–Crippen MR) is 94.1 cm³/mol. The largest absolute Gasteiger partial charge is 0.416 e. The Morgan fingerprint density at radius 1 is 1.06 bits per heavy atom. The van der Waals surface area contributed by atoms with Crippen molar-refractivity contribution in [2.24, 2.45) is 0 Å². The number of rotatable bonds is 4. The Morgan fingerprint density at radius 3 is 2.09 bits per heavy atom. The fourth-order valence-corrected chi connectivity index (χ4v) is 3.11. The molecule has 3 atom stereocenters. The summed E-state index contributed by atoms with van der Waals surface area (Å²) in [7, 11) is 0. The summed E-state index contributed by atoms with van der Waals surface area (Å²) < 4.78 is 103. The van der Waals surface area contributed by atoms with Crippen LogP contribution in [0, 0.1) is 5.82 Å². The van der Waals surface area contributed by atoms with E-state index in [0.717, 1.165) is 31.2 Å². The highest BCUT2D eigenvalue weighted by Crippen LogP contribution is 2.39. The molecule has 1 fully saturated rings. The van der Waals surface area contributed by atoms with Gasteiger partial charge < -0.3 is 19.9 Å². The molecule has 12 heteroatoms. The highest BCUT2D eigenvalue weighted by atomic mass is 19.4. The molecule has 2 unspecified atom stereocenters. The van der Waals surface area contributed by atoms with Gasteiger partial charge >= 0.3 is 12.4 Å². The second-order valence-electron chi connectivity index (χ2n) is 7.08. The lowest BCUT2D eigenvalue weighted by Gasteiger charge is -2.40. The molecule has 2 aromatic rings. The van der Waals surface area contributed by atoms with Crippen LogP contribution < -0.4 is 5.32 Å². The first kappa shape index (κ1) is 24.0. The number of carbonyl (C=O) groups excluding carboxylic acids is 1. The van der Waals surface area contributed by atoms with E-state index in [-0.39, 0.29) is 11.6 Å². The molecule has 5 nitrogen and oxygen atoms in total. The molecule has 0 saturated carbocycles. The van der Waals surface area contributed by atoms with Gasteiger partial charge in [0.2, 0.25) is 17.9 Å². The zero-order chi connectivity index (χ0) is 23.9. The SMILES string of the molecule is CC(O[C@H]1OCC(=O)NC1(O)c1ccc(F)cc1)c1cc(C(F)(F)F)cc(C(F)(F)F)c1. The van der Waals surface area contributed by atoms with Gasteiger partial charge in [0.1, 0.15) is 12.4 Å². The predicted octanol–water partition coefficient (Wildman–Crippen LogP) is 4.26. The van der Waals surface area contributed by atoms with E-state index in [4.69, 9.17) is 9.47 Å². The lowest BCUT2D eigenvalue weighted by atomic mass is 9.99.